The van der Waals surface area contributed by atoms with Gasteiger partial charge in [0, 0.05) is 22.1 Å². The lowest BCUT2D eigenvalue weighted by Crippen LogP contribution is -2.65. The van der Waals surface area contributed by atoms with Crippen molar-refractivity contribution in [1.82, 2.24) is 5.32 Å². The molecule has 0 amide bonds. The molecule has 136 valence electrons. The highest BCUT2D eigenvalue weighted by molar-refractivity contribution is 9.10. The Bertz CT molecular complexity index is 875. The largest absolute Gasteiger partial charge is 0.467 e. The first-order valence-corrected chi connectivity index (χ1v) is 10.1. The zero-order valence-corrected chi connectivity index (χ0v) is 17.9. The standard InChI is InChI=1S/C21H23BrN2OS/c1-20(2,3)13-5-8-15(9-6-13)24-19(26)23-17-12-21(24,4)25-18-10-7-14(22)11-16(17)18/h5-11,17H,12H2,1-4H3,(H,23,26). The van der Waals surface area contributed by atoms with Gasteiger partial charge in [0.05, 0.1) is 6.04 Å². The molecule has 0 aliphatic carbocycles. The molecule has 2 unspecified atom stereocenters. The molecule has 2 aromatic rings. The molecule has 0 spiro atoms. The quantitative estimate of drug-likeness (QED) is 0.587. The first-order chi connectivity index (χ1) is 12.2. The van der Waals surface area contributed by atoms with E-state index >= 15 is 0 Å². The van der Waals surface area contributed by atoms with Gasteiger partial charge in [0.15, 0.2) is 10.8 Å². The van der Waals surface area contributed by atoms with Gasteiger partial charge in [0.25, 0.3) is 0 Å². The van der Waals surface area contributed by atoms with Crippen molar-refractivity contribution < 1.29 is 4.74 Å². The SMILES string of the molecule is CC(C)(C)c1ccc(N2C(=S)NC3CC2(C)Oc2ccc(Br)cc23)cc1. The van der Waals surface area contributed by atoms with Crippen molar-refractivity contribution in [2.24, 2.45) is 0 Å². The third-order valence-electron chi connectivity index (χ3n) is 5.23. The van der Waals surface area contributed by atoms with E-state index in [0.29, 0.717) is 5.11 Å². The molecule has 0 radical (unpaired) electrons. The van der Waals surface area contributed by atoms with Crippen molar-refractivity contribution in [2.75, 3.05) is 4.90 Å². The minimum atomic E-state index is -0.503. The predicted octanol–water partition coefficient (Wildman–Crippen LogP) is 5.68. The van der Waals surface area contributed by atoms with Crippen molar-refractivity contribution in [1.29, 1.82) is 0 Å². The van der Waals surface area contributed by atoms with Gasteiger partial charge in [-0.2, -0.15) is 0 Å². The van der Waals surface area contributed by atoms with E-state index in [0.717, 1.165) is 27.9 Å². The maximum Gasteiger partial charge on any atom is 0.188 e. The lowest BCUT2D eigenvalue weighted by Gasteiger charge is -2.52. The highest BCUT2D eigenvalue weighted by Gasteiger charge is 2.48. The van der Waals surface area contributed by atoms with E-state index in [9.17, 15) is 0 Å². The van der Waals surface area contributed by atoms with Gasteiger partial charge in [-0.3, -0.25) is 4.90 Å². The molecule has 2 bridgehead atoms. The van der Waals surface area contributed by atoms with E-state index in [1.807, 2.05) is 12.1 Å². The van der Waals surface area contributed by atoms with Crippen LogP contribution < -0.4 is 15.0 Å². The average molecular weight is 431 g/mol. The fraction of sp³-hybridized carbons (Fsp3) is 0.381. The zero-order chi connectivity index (χ0) is 18.7. The third-order valence-corrected chi connectivity index (χ3v) is 6.02. The minimum Gasteiger partial charge on any atom is -0.467 e. The summed E-state index contributed by atoms with van der Waals surface area (Å²) < 4.78 is 7.51. The molecule has 1 N–H and O–H groups in total. The van der Waals surface area contributed by atoms with Crippen molar-refractivity contribution in [3.05, 3.63) is 58.1 Å². The molecule has 1 fully saturated rings. The van der Waals surface area contributed by atoms with Gasteiger partial charge in [-0.15, -0.1) is 0 Å². The van der Waals surface area contributed by atoms with Crippen molar-refractivity contribution >= 4 is 38.9 Å². The number of rotatable bonds is 1. The van der Waals surface area contributed by atoms with Crippen LogP contribution in [0.15, 0.2) is 46.9 Å². The molecule has 3 nitrogen and oxygen atoms in total. The second-order valence-electron chi connectivity index (χ2n) is 8.30. The number of hydrogen-bond donors (Lipinski definition) is 1. The molecular weight excluding hydrogens is 408 g/mol. The fourth-order valence-corrected chi connectivity index (χ4v) is 4.67. The van der Waals surface area contributed by atoms with Crippen LogP contribution in [0.25, 0.3) is 0 Å². The highest BCUT2D eigenvalue weighted by Crippen LogP contribution is 2.46. The number of nitrogens with one attached hydrogen (secondary N) is 1. The summed E-state index contributed by atoms with van der Waals surface area (Å²) in [5.74, 6) is 0.915. The maximum atomic E-state index is 6.46. The lowest BCUT2D eigenvalue weighted by molar-refractivity contribution is 0.0497. The fourth-order valence-electron chi connectivity index (χ4n) is 3.85. The molecule has 2 aromatic carbocycles. The van der Waals surface area contributed by atoms with Gasteiger partial charge in [0.2, 0.25) is 0 Å². The van der Waals surface area contributed by atoms with Crippen LogP contribution >= 0.6 is 28.1 Å². The van der Waals surface area contributed by atoms with Crippen LogP contribution in [0.4, 0.5) is 5.69 Å². The zero-order valence-electron chi connectivity index (χ0n) is 15.5. The van der Waals surface area contributed by atoms with Crippen molar-refractivity contribution in [3.8, 4) is 5.75 Å². The summed E-state index contributed by atoms with van der Waals surface area (Å²) >= 11 is 9.28. The number of hydrogen-bond acceptors (Lipinski definition) is 2. The molecule has 2 aliphatic rings. The van der Waals surface area contributed by atoms with Crippen LogP contribution in [-0.2, 0) is 5.41 Å². The second-order valence-corrected chi connectivity index (χ2v) is 9.60. The van der Waals surface area contributed by atoms with E-state index in [4.69, 9.17) is 17.0 Å². The Kier molecular flexibility index (Phi) is 4.08. The number of thiocarbonyl (C=S) groups is 1. The Labute approximate surface area is 168 Å². The van der Waals surface area contributed by atoms with Crippen LogP contribution in [0.3, 0.4) is 0 Å². The Hall–Kier alpha value is -1.59. The summed E-state index contributed by atoms with van der Waals surface area (Å²) in [6.07, 6.45) is 0.831. The Morgan fingerprint density at radius 2 is 1.88 bits per heavy atom. The van der Waals surface area contributed by atoms with Crippen molar-refractivity contribution in [3.63, 3.8) is 0 Å². The lowest BCUT2D eigenvalue weighted by atomic mass is 9.86. The van der Waals surface area contributed by atoms with Crippen LogP contribution in [-0.4, -0.2) is 10.8 Å². The molecule has 0 aromatic heterocycles. The molecule has 2 atom stereocenters. The van der Waals surface area contributed by atoms with Crippen LogP contribution in [0.2, 0.25) is 0 Å². The van der Waals surface area contributed by atoms with E-state index in [1.54, 1.807) is 0 Å². The molecule has 2 heterocycles. The maximum absolute atomic E-state index is 6.46. The van der Waals surface area contributed by atoms with E-state index in [-0.39, 0.29) is 11.5 Å². The Morgan fingerprint density at radius 1 is 1.19 bits per heavy atom. The monoisotopic (exact) mass is 430 g/mol. The van der Waals surface area contributed by atoms with Crippen LogP contribution in [0.1, 0.15) is 51.3 Å². The Balaban J connectivity index is 1.73. The minimum absolute atomic E-state index is 0.127. The molecule has 5 heteroatoms. The summed E-state index contributed by atoms with van der Waals surface area (Å²) in [6, 6.07) is 15.0. The summed E-state index contributed by atoms with van der Waals surface area (Å²) in [4.78, 5) is 2.11. The molecule has 2 aliphatic heterocycles. The first-order valence-electron chi connectivity index (χ1n) is 8.87. The Morgan fingerprint density at radius 3 is 2.54 bits per heavy atom. The van der Waals surface area contributed by atoms with E-state index in [2.05, 4.69) is 84.2 Å². The van der Waals surface area contributed by atoms with Gasteiger partial charge in [-0.25, -0.2) is 0 Å². The number of anilines is 1. The number of ether oxygens (including phenoxy) is 1. The molecule has 0 saturated carbocycles. The van der Waals surface area contributed by atoms with Gasteiger partial charge in [0.1, 0.15) is 5.75 Å². The molecule has 4 rings (SSSR count). The molecule has 26 heavy (non-hydrogen) atoms. The van der Waals surface area contributed by atoms with Gasteiger partial charge >= 0.3 is 0 Å². The van der Waals surface area contributed by atoms with Gasteiger partial charge in [-0.05, 0) is 60.5 Å². The van der Waals surface area contributed by atoms with Gasteiger partial charge in [-0.1, -0.05) is 48.8 Å². The summed E-state index contributed by atoms with van der Waals surface area (Å²) in [5.41, 5.74) is 3.14. The number of benzene rings is 2. The first kappa shape index (κ1) is 17.8. The number of fused-ring (bicyclic) bond motifs is 4. The van der Waals surface area contributed by atoms with Gasteiger partial charge < -0.3 is 10.1 Å². The molecular formula is C21H23BrN2OS. The number of halogens is 1. The molecule has 1 saturated heterocycles. The number of nitrogens with zero attached hydrogens (tertiary/aromatic N) is 1. The highest BCUT2D eigenvalue weighted by atomic mass is 79.9. The van der Waals surface area contributed by atoms with E-state index < -0.39 is 5.72 Å². The van der Waals surface area contributed by atoms with E-state index in [1.165, 1.54) is 5.56 Å². The average Bonchev–Trinajstić information content (AvgIpc) is 2.54. The normalized spacial score (nSPS) is 24.6. The van der Waals surface area contributed by atoms with Crippen LogP contribution in [0, 0.1) is 0 Å². The summed E-state index contributed by atoms with van der Waals surface area (Å²) in [6.45, 7) is 8.79. The summed E-state index contributed by atoms with van der Waals surface area (Å²) in [7, 11) is 0. The second kappa shape index (κ2) is 5.96. The third kappa shape index (κ3) is 2.91. The van der Waals surface area contributed by atoms with Crippen LogP contribution in [0.5, 0.6) is 5.75 Å². The topological polar surface area (TPSA) is 24.5 Å². The predicted molar refractivity (Wildman–Crippen MR) is 114 cm³/mol. The summed E-state index contributed by atoms with van der Waals surface area (Å²) in [5, 5.41) is 4.21. The van der Waals surface area contributed by atoms with Crippen molar-refractivity contribution in [2.45, 2.75) is 51.3 Å². The smallest absolute Gasteiger partial charge is 0.188 e.